The second-order valence-corrected chi connectivity index (χ2v) is 5.67. The lowest BCUT2D eigenvalue weighted by molar-refractivity contribution is -0.0124. The summed E-state index contributed by atoms with van der Waals surface area (Å²) >= 11 is 2.21. The van der Waals surface area contributed by atoms with Gasteiger partial charge in [0.1, 0.15) is 5.75 Å². The Morgan fingerprint density at radius 2 is 2.37 bits per heavy atom. The molecule has 0 bridgehead atoms. The highest BCUT2D eigenvalue weighted by molar-refractivity contribution is 14.1. The Hall–Kier alpha value is -0.820. The molecule has 0 aromatic heterocycles. The van der Waals surface area contributed by atoms with Crippen LogP contribution in [0.4, 0.5) is 0 Å². The third-order valence-corrected chi connectivity index (χ3v) is 3.90. The first-order chi connectivity index (χ1) is 9.11. The second kappa shape index (κ2) is 6.56. The van der Waals surface area contributed by atoms with Crippen molar-refractivity contribution in [1.82, 2.24) is 4.90 Å². The third kappa shape index (κ3) is 3.60. The summed E-state index contributed by atoms with van der Waals surface area (Å²) in [7, 11) is 0. The molecule has 1 aromatic carbocycles. The number of hydrogen-bond acceptors (Lipinski definition) is 3. The Balaban J connectivity index is 2.16. The molecule has 1 aliphatic heterocycles. The molecule has 2 rings (SSSR count). The number of ether oxygens (including phenoxy) is 2. The maximum absolute atomic E-state index is 12.4. The van der Waals surface area contributed by atoms with Crippen molar-refractivity contribution < 1.29 is 14.3 Å². The van der Waals surface area contributed by atoms with Gasteiger partial charge < -0.3 is 14.4 Å². The number of halogens is 1. The van der Waals surface area contributed by atoms with Crippen molar-refractivity contribution in [2.45, 2.75) is 20.0 Å². The Kier molecular flexibility index (Phi) is 5.04. The molecule has 1 amide bonds. The van der Waals surface area contributed by atoms with Crippen molar-refractivity contribution in [3.63, 3.8) is 0 Å². The number of morpholine rings is 1. The average Bonchev–Trinajstić information content (AvgIpc) is 2.41. The highest BCUT2D eigenvalue weighted by Crippen LogP contribution is 2.23. The molecule has 19 heavy (non-hydrogen) atoms. The predicted molar refractivity (Wildman–Crippen MR) is 81.6 cm³/mol. The van der Waals surface area contributed by atoms with Crippen LogP contribution in [0.15, 0.2) is 18.2 Å². The lowest BCUT2D eigenvalue weighted by Gasteiger charge is -2.31. The fourth-order valence-electron chi connectivity index (χ4n) is 2.09. The normalized spacial score (nSPS) is 19.3. The Morgan fingerprint density at radius 1 is 1.58 bits per heavy atom. The SMILES string of the molecule is CCOc1cc(C(=O)N2CCO[C@H](C)C2)ccc1I. The van der Waals surface area contributed by atoms with Gasteiger partial charge in [0, 0.05) is 18.7 Å². The summed E-state index contributed by atoms with van der Waals surface area (Å²) in [5, 5.41) is 0. The van der Waals surface area contributed by atoms with Crippen LogP contribution in [0.2, 0.25) is 0 Å². The fraction of sp³-hybridized carbons (Fsp3) is 0.500. The fourth-order valence-corrected chi connectivity index (χ4v) is 2.58. The van der Waals surface area contributed by atoms with E-state index in [1.54, 1.807) is 0 Å². The van der Waals surface area contributed by atoms with Gasteiger partial charge in [0.2, 0.25) is 0 Å². The molecule has 0 aliphatic carbocycles. The highest BCUT2D eigenvalue weighted by atomic mass is 127. The summed E-state index contributed by atoms with van der Waals surface area (Å²) in [5.41, 5.74) is 0.679. The summed E-state index contributed by atoms with van der Waals surface area (Å²) < 4.78 is 12.0. The standard InChI is InChI=1S/C14H18INO3/c1-3-18-13-8-11(4-5-12(13)15)14(17)16-6-7-19-10(2)9-16/h4-5,8,10H,3,6-7,9H2,1-2H3/t10-/m1/s1. The van der Waals surface area contributed by atoms with Gasteiger partial charge in [-0.3, -0.25) is 4.79 Å². The van der Waals surface area contributed by atoms with Crippen LogP contribution < -0.4 is 4.74 Å². The molecule has 104 valence electrons. The Bertz CT molecular complexity index is 464. The molecule has 0 saturated carbocycles. The van der Waals surface area contributed by atoms with Gasteiger partial charge in [-0.25, -0.2) is 0 Å². The molecule has 4 nitrogen and oxygen atoms in total. The van der Waals surface area contributed by atoms with Crippen molar-refractivity contribution >= 4 is 28.5 Å². The monoisotopic (exact) mass is 375 g/mol. The number of rotatable bonds is 3. The van der Waals surface area contributed by atoms with Crippen LogP contribution in [0, 0.1) is 3.57 Å². The van der Waals surface area contributed by atoms with Gasteiger partial charge in [-0.15, -0.1) is 0 Å². The molecule has 0 N–H and O–H groups in total. The molecular weight excluding hydrogens is 357 g/mol. The van der Waals surface area contributed by atoms with E-state index in [-0.39, 0.29) is 12.0 Å². The molecule has 0 unspecified atom stereocenters. The van der Waals surface area contributed by atoms with Gasteiger partial charge in [-0.1, -0.05) is 0 Å². The summed E-state index contributed by atoms with van der Waals surface area (Å²) in [5.74, 6) is 0.822. The van der Waals surface area contributed by atoms with Crippen LogP contribution in [0.1, 0.15) is 24.2 Å². The molecule has 1 heterocycles. The average molecular weight is 375 g/mol. The number of benzene rings is 1. The molecule has 0 spiro atoms. The smallest absolute Gasteiger partial charge is 0.254 e. The molecule has 1 aromatic rings. The van der Waals surface area contributed by atoms with Crippen LogP contribution >= 0.6 is 22.6 Å². The first-order valence-electron chi connectivity index (χ1n) is 6.45. The molecule has 1 saturated heterocycles. The maximum atomic E-state index is 12.4. The van der Waals surface area contributed by atoms with E-state index in [9.17, 15) is 4.79 Å². The van der Waals surface area contributed by atoms with Crippen molar-refractivity contribution in [3.8, 4) is 5.75 Å². The van der Waals surface area contributed by atoms with Gasteiger partial charge in [0.25, 0.3) is 5.91 Å². The van der Waals surface area contributed by atoms with E-state index in [1.807, 2.05) is 36.9 Å². The topological polar surface area (TPSA) is 38.8 Å². The number of nitrogens with zero attached hydrogens (tertiary/aromatic N) is 1. The Labute approximate surface area is 127 Å². The van der Waals surface area contributed by atoms with E-state index in [1.165, 1.54) is 0 Å². The number of amides is 1. The van der Waals surface area contributed by atoms with Crippen LogP contribution in [0.25, 0.3) is 0 Å². The molecule has 5 heteroatoms. The van der Waals surface area contributed by atoms with E-state index in [0.29, 0.717) is 31.9 Å². The number of carbonyl (C=O) groups excluding carboxylic acids is 1. The summed E-state index contributed by atoms with van der Waals surface area (Å²) in [6, 6.07) is 5.60. The van der Waals surface area contributed by atoms with Crippen LogP contribution in [0.3, 0.4) is 0 Å². The van der Waals surface area contributed by atoms with Crippen LogP contribution in [-0.4, -0.2) is 43.2 Å². The van der Waals surface area contributed by atoms with Crippen LogP contribution in [-0.2, 0) is 4.74 Å². The van der Waals surface area contributed by atoms with Gasteiger partial charge in [-0.05, 0) is 54.6 Å². The zero-order valence-corrected chi connectivity index (χ0v) is 13.3. The molecule has 0 radical (unpaired) electrons. The minimum atomic E-state index is 0.0486. The van der Waals surface area contributed by atoms with Gasteiger partial charge >= 0.3 is 0 Å². The van der Waals surface area contributed by atoms with Crippen LogP contribution in [0.5, 0.6) is 5.75 Å². The van der Waals surface area contributed by atoms with E-state index in [4.69, 9.17) is 9.47 Å². The van der Waals surface area contributed by atoms with E-state index >= 15 is 0 Å². The first kappa shape index (κ1) is 14.6. The zero-order chi connectivity index (χ0) is 13.8. The van der Waals surface area contributed by atoms with E-state index in [2.05, 4.69) is 22.6 Å². The summed E-state index contributed by atoms with van der Waals surface area (Å²) in [4.78, 5) is 14.3. The molecular formula is C14H18INO3. The minimum Gasteiger partial charge on any atom is -0.493 e. The first-order valence-corrected chi connectivity index (χ1v) is 7.53. The molecule has 1 fully saturated rings. The third-order valence-electron chi connectivity index (χ3n) is 3.01. The summed E-state index contributed by atoms with van der Waals surface area (Å²) in [6.07, 6.45) is 0.105. The minimum absolute atomic E-state index is 0.0486. The zero-order valence-electron chi connectivity index (χ0n) is 11.2. The molecule has 1 atom stereocenters. The number of carbonyl (C=O) groups is 1. The lowest BCUT2D eigenvalue weighted by Crippen LogP contribution is -2.44. The van der Waals surface area contributed by atoms with Crippen molar-refractivity contribution in [2.75, 3.05) is 26.3 Å². The predicted octanol–water partition coefficient (Wildman–Crippen LogP) is 2.55. The second-order valence-electron chi connectivity index (χ2n) is 4.51. The maximum Gasteiger partial charge on any atom is 0.254 e. The summed E-state index contributed by atoms with van der Waals surface area (Å²) in [6.45, 7) is 6.43. The number of hydrogen-bond donors (Lipinski definition) is 0. The van der Waals surface area contributed by atoms with Crippen molar-refractivity contribution in [1.29, 1.82) is 0 Å². The van der Waals surface area contributed by atoms with Gasteiger partial charge in [-0.2, -0.15) is 0 Å². The van der Waals surface area contributed by atoms with Gasteiger partial charge in [0.15, 0.2) is 0 Å². The lowest BCUT2D eigenvalue weighted by atomic mass is 10.1. The van der Waals surface area contributed by atoms with E-state index in [0.717, 1.165) is 9.32 Å². The quantitative estimate of drug-likeness (QED) is 0.763. The Morgan fingerprint density at radius 3 is 3.05 bits per heavy atom. The largest absolute Gasteiger partial charge is 0.493 e. The van der Waals surface area contributed by atoms with Crippen molar-refractivity contribution in [3.05, 3.63) is 27.3 Å². The molecule has 1 aliphatic rings. The van der Waals surface area contributed by atoms with E-state index < -0.39 is 0 Å². The van der Waals surface area contributed by atoms with Crippen molar-refractivity contribution in [2.24, 2.45) is 0 Å². The van der Waals surface area contributed by atoms with Gasteiger partial charge in [0.05, 0.1) is 22.9 Å². The highest BCUT2D eigenvalue weighted by Gasteiger charge is 2.23.